The Bertz CT molecular complexity index is 149. The fourth-order valence-electron chi connectivity index (χ4n) is 1.84. The predicted octanol–water partition coefficient (Wildman–Crippen LogP) is 0.680. The highest BCUT2D eigenvalue weighted by atomic mass is 16.6. The zero-order valence-electron chi connectivity index (χ0n) is 8.32. The SMILES string of the molecule is CC1CC(N(C)C)[C@H](C)[C@H](O)O1. The third kappa shape index (κ3) is 1.97. The van der Waals surface area contributed by atoms with Gasteiger partial charge in [-0.25, -0.2) is 0 Å². The van der Waals surface area contributed by atoms with Crippen LogP contribution < -0.4 is 0 Å². The molecule has 0 radical (unpaired) electrons. The van der Waals surface area contributed by atoms with Gasteiger partial charge in [-0.2, -0.15) is 0 Å². The molecule has 0 aromatic carbocycles. The average Bonchev–Trinajstić information content (AvgIpc) is 1.96. The van der Waals surface area contributed by atoms with E-state index in [1.165, 1.54) is 0 Å². The second-order valence-corrected chi connectivity index (χ2v) is 3.96. The molecule has 0 aliphatic carbocycles. The van der Waals surface area contributed by atoms with E-state index >= 15 is 0 Å². The molecule has 0 aromatic heterocycles. The molecular weight excluding hydrogens is 154 g/mol. The van der Waals surface area contributed by atoms with Gasteiger partial charge in [-0.3, -0.25) is 0 Å². The van der Waals surface area contributed by atoms with Crippen molar-refractivity contribution in [1.29, 1.82) is 0 Å². The lowest BCUT2D eigenvalue weighted by atomic mass is 9.92. The van der Waals surface area contributed by atoms with Gasteiger partial charge in [0.2, 0.25) is 0 Å². The first-order chi connectivity index (χ1) is 5.52. The van der Waals surface area contributed by atoms with Gasteiger partial charge < -0.3 is 14.7 Å². The summed E-state index contributed by atoms with van der Waals surface area (Å²) in [6.45, 7) is 4.03. The van der Waals surface area contributed by atoms with E-state index in [0.717, 1.165) is 6.42 Å². The van der Waals surface area contributed by atoms with Crippen LogP contribution in [0.1, 0.15) is 20.3 Å². The fraction of sp³-hybridized carbons (Fsp3) is 1.00. The van der Waals surface area contributed by atoms with E-state index in [9.17, 15) is 5.11 Å². The van der Waals surface area contributed by atoms with Crippen LogP contribution in [0.25, 0.3) is 0 Å². The molecule has 1 saturated heterocycles. The smallest absolute Gasteiger partial charge is 0.158 e. The summed E-state index contributed by atoms with van der Waals surface area (Å²) in [7, 11) is 4.10. The topological polar surface area (TPSA) is 32.7 Å². The molecule has 0 bridgehead atoms. The summed E-state index contributed by atoms with van der Waals surface area (Å²) in [5, 5.41) is 9.52. The van der Waals surface area contributed by atoms with E-state index in [1.807, 2.05) is 27.9 Å². The molecule has 0 spiro atoms. The molecule has 12 heavy (non-hydrogen) atoms. The highest BCUT2D eigenvalue weighted by Crippen LogP contribution is 2.26. The van der Waals surface area contributed by atoms with Crippen molar-refractivity contribution in [1.82, 2.24) is 4.90 Å². The first kappa shape index (κ1) is 9.96. The molecule has 1 heterocycles. The summed E-state index contributed by atoms with van der Waals surface area (Å²) in [4.78, 5) is 2.16. The standard InChI is InChI=1S/C9H19NO2/c1-6-5-8(10(3)4)7(2)9(11)12-6/h6-9,11H,5H2,1-4H3/t6?,7-,8?,9+/m0/s1. The van der Waals surface area contributed by atoms with Gasteiger partial charge in [0.1, 0.15) is 0 Å². The lowest BCUT2D eigenvalue weighted by Gasteiger charge is -2.40. The van der Waals surface area contributed by atoms with Crippen molar-refractivity contribution in [2.24, 2.45) is 5.92 Å². The Hall–Kier alpha value is -0.120. The predicted molar refractivity (Wildman–Crippen MR) is 47.8 cm³/mol. The molecule has 0 aromatic rings. The van der Waals surface area contributed by atoms with Crippen molar-refractivity contribution in [2.75, 3.05) is 14.1 Å². The lowest BCUT2D eigenvalue weighted by Crippen LogP contribution is -2.48. The molecule has 3 heteroatoms. The van der Waals surface area contributed by atoms with Gasteiger partial charge in [0, 0.05) is 12.0 Å². The number of hydrogen-bond donors (Lipinski definition) is 1. The molecule has 0 saturated carbocycles. The Morgan fingerprint density at radius 3 is 2.42 bits per heavy atom. The number of rotatable bonds is 1. The van der Waals surface area contributed by atoms with Crippen LogP contribution in [0.2, 0.25) is 0 Å². The Morgan fingerprint density at radius 1 is 1.33 bits per heavy atom. The number of nitrogens with zero attached hydrogens (tertiary/aromatic N) is 1. The lowest BCUT2D eigenvalue weighted by molar-refractivity contribution is -0.202. The second-order valence-electron chi connectivity index (χ2n) is 3.96. The summed E-state index contributed by atoms with van der Waals surface area (Å²) in [6.07, 6.45) is 0.579. The van der Waals surface area contributed by atoms with E-state index in [1.54, 1.807) is 0 Å². The molecule has 0 amide bonds. The van der Waals surface area contributed by atoms with Gasteiger partial charge in [-0.05, 0) is 27.4 Å². The van der Waals surface area contributed by atoms with E-state index in [4.69, 9.17) is 4.74 Å². The molecule has 1 N–H and O–H groups in total. The maximum absolute atomic E-state index is 9.52. The minimum absolute atomic E-state index is 0.170. The molecule has 4 atom stereocenters. The van der Waals surface area contributed by atoms with Crippen molar-refractivity contribution in [3.63, 3.8) is 0 Å². The van der Waals surface area contributed by atoms with E-state index < -0.39 is 6.29 Å². The highest BCUT2D eigenvalue weighted by molar-refractivity contribution is 4.81. The van der Waals surface area contributed by atoms with Crippen molar-refractivity contribution >= 4 is 0 Å². The zero-order valence-corrected chi connectivity index (χ0v) is 8.32. The molecule has 3 nitrogen and oxygen atoms in total. The van der Waals surface area contributed by atoms with Crippen LogP contribution in [-0.4, -0.2) is 42.5 Å². The van der Waals surface area contributed by atoms with Gasteiger partial charge in [-0.15, -0.1) is 0 Å². The Labute approximate surface area is 74.3 Å². The van der Waals surface area contributed by atoms with Gasteiger partial charge in [-0.1, -0.05) is 6.92 Å². The van der Waals surface area contributed by atoms with Crippen LogP contribution in [0.4, 0.5) is 0 Å². The number of aliphatic hydroxyl groups excluding tert-OH is 1. The van der Waals surface area contributed by atoms with Gasteiger partial charge in [0.15, 0.2) is 6.29 Å². The summed E-state index contributed by atoms with van der Waals surface area (Å²) in [5.41, 5.74) is 0. The molecular formula is C9H19NO2. The maximum atomic E-state index is 9.52. The average molecular weight is 173 g/mol. The normalized spacial score (nSPS) is 43.5. The first-order valence-corrected chi connectivity index (χ1v) is 4.52. The van der Waals surface area contributed by atoms with E-state index in [0.29, 0.717) is 6.04 Å². The van der Waals surface area contributed by atoms with E-state index in [-0.39, 0.29) is 12.0 Å². The monoisotopic (exact) mass is 173 g/mol. The molecule has 1 aliphatic heterocycles. The molecule has 1 aliphatic rings. The Kier molecular flexibility index (Phi) is 3.09. The first-order valence-electron chi connectivity index (χ1n) is 4.52. The third-order valence-electron chi connectivity index (χ3n) is 2.67. The molecule has 1 fully saturated rings. The van der Waals surface area contributed by atoms with Crippen molar-refractivity contribution in [3.05, 3.63) is 0 Å². The van der Waals surface area contributed by atoms with Gasteiger partial charge in [0.25, 0.3) is 0 Å². The number of ether oxygens (including phenoxy) is 1. The largest absolute Gasteiger partial charge is 0.368 e. The molecule has 2 unspecified atom stereocenters. The maximum Gasteiger partial charge on any atom is 0.158 e. The van der Waals surface area contributed by atoms with Gasteiger partial charge >= 0.3 is 0 Å². The van der Waals surface area contributed by atoms with Crippen molar-refractivity contribution in [2.45, 2.75) is 38.7 Å². The van der Waals surface area contributed by atoms with Crippen molar-refractivity contribution in [3.8, 4) is 0 Å². The summed E-state index contributed by atoms with van der Waals surface area (Å²) in [6, 6.07) is 0.434. The third-order valence-corrected chi connectivity index (χ3v) is 2.67. The highest BCUT2D eigenvalue weighted by Gasteiger charge is 2.33. The van der Waals surface area contributed by atoms with Crippen LogP contribution in [0.5, 0.6) is 0 Å². The van der Waals surface area contributed by atoms with Crippen LogP contribution in [0.3, 0.4) is 0 Å². The van der Waals surface area contributed by atoms with Crippen LogP contribution in [-0.2, 0) is 4.74 Å². The summed E-state index contributed by atoms with van der Waals surface area (Å²) in [5.74, 6) is 0.205. The Balaban J connectivity index is 2.60. The minimum atomic E-state index is -0.596. The molecule has 72 valence electrons. The van der Waals surface area contributed by atoms with E-state index in [2.05, 4.69) is 4.90 Å². The number of hydrogen-bond acceptors (Lipinski definition) is 3. The Morgan fingerprint density at radius 2 is 1.92 bits per heavy atom. The zero-order chi connectivity index (χ0) is 9.30. The fourth-order valence-corrected chi connectivity index (χ4v) is 1.84. The summed E-state index contributed by atoms with van der Waals surface area (Å²) < 4.78 is 5.31. The quantitative estimate of drug-likeness (QED) is 0.633. The van der Waals surface area contributed by atoms with Crippen LogP contribution in [0, 0.1) is 5.92 Å². The van der Waals surface area contributed by atoms with Gasteiger partial charge in [0.05, 0.1) is 6.10 Å². The second kappa shape index (κ2) is 3.73. The van der Waals surface area contributed by atoms with Crippen LogP contribution >= 0.6 is 0 Å². The summed E-state index contributed by atoms with van der Waals surface area (Å²) >= 11 is 0. The minimum Gasteiger partial charge on any atom is -0.368 e. The van der Waals surface area contributed by atoms with Crippen molar-refractivity contribution < 1.29 is 9.84 Å². The van der Waals surface area contributed by atoms with Crippen LogP contribution in [0.15, 0.2) is 0 Å². The number of aliphatic hydroxyl groups is 1. The molecule has 1 rings (SSSR count).